The molecule has 1 heterocycles. The van der Waals surface area contributed by atoms with Crippen molar-refractivity contribution >= 4 is 11.8 Å². The van der Waals surface area contributed by atoms with Crippen LogP contribution in [0.5, 0.6) is 5.75 Å². The van der Waals surface area contributed by atoms with Crippen LogP contribution in [0.1, 0.15) is 68.1 Å². The number of carbonyl (C=O) groups is 2. The molecule has 5 nitrogen and oxygen atoms in total. The lowest BCUT2D eigenvalue weighted by Crippen LogP contribution is -2.50. The second-order valence-electron chi connectivity index (χ2n) is 10.2. The van der Waals surface area contributed by atoms with Crippen molar-refractivity contribution in [2.75, 3.05) is 13.1 Å². The van der Waals surface area contributed by atoms with Gasteiger partial charge in [-0.2, -0.15) is 0 Å². The minimum Gasteiger partial charge on any atom is -0.507 e. The Morgan fingerprint density at radius 2 is 1.59 bits per heavy atom. The van der Waals surface area contributed by atoms with Crippen LogP contribution in [0, 0.1) is 23.2 Å². The van der Waals surface area contributed by atoms with Crippen molar-refractivity contribution in [3.05, 3.63) is 29.8 Å². The molecule has 1 aliphatic heterocycles. The van der Waals surface area contributed by atoms with Gasteiger partial charge in [-0.3, -0.25) is 9.59 Å². The number of nitrogens with zero attached hydrogens (tertiary/aromatic N) is 1. The standard InChI is InChI=1S/C24H32N2O3/c27-21-4-2-1-3-20(21)23(29)26-7-5-19(6-8-26)25-22(28)15-24-12-16-9-17(13-24)11-18(10-16)14-24/h1-4,16-19,27H,5-15H2,(H,25,28). The molecule has 1 saturated heterocycles. The van der Waals surface area contributed by atoms with E-state index < -0.39 is 0 Å². The van der Waals surface area contributed by atoms with Crippen LogP contribution in [0.2, 0.25) is 0 Å². The molecule has 1 aromatic rings. The highest BCUT2D eigenvalue weighted by Gasteiger charge is 2.51. The van der Waals surface area contributed by atoms with Crippen molar-refractivity contribution in [3.63, 3.8) is 0 Å². The molecule has 2 amide bonds. The van der Waals surface area contributed by atoms with E-state index in [0.717, 1.165) is 30.6 Å². The Balaban J connectivity index is 1.13. The van der Waals surface area contributed by atoms with Gasteiger partial charge in [-0.05, 0) is 86.7 Å². The van der Waals surface area contributed by atoms with Crippen molar-refractivity contribution in [2.45, 2.75) is 63.8 Å². The van der Waals surface area contributed by atoms with E-state index in [0.29, 0.717) is 25.1 Å². The van der Waals surface area contributed by atoms with Crippen LogP contribution >= 0.6 is 0 Å². The molecule has 6 rings (SSSR count). The van der Waals surface area contributed by atoms with Crippen molar-refractivity contribution in [3.8, 4) is 5.75 Å². The third kappa shape index (κ3) is 3.76. The molecule has 2 N–H and O–H groups in total. The van der Waals surface area contributed by atoms with Crippen LogP contribution in [-0.2, 0) is 4.79 Å². The van der Waals surface area contributed by atoms with Crippen molar-refractivity contribution in [1.29, 1.82) is 0 Å². The highest BCUT2D eigenvalue weighted by atomic mass is 16.3. The molecular formula is C24H32N2O3. The second-order valence-corrected chi connectivity index (χ2v) is 10.2. The summed E-state index contributed by atoms with van der Waals surface area (Å²) in [5.74, 6) is 2.75. The number of aromatic hydroxyl groups is 1. The maximum atomic E-state index is 12.9. The first kappa shape index (κ1) is 19.0. The van der Waals surface area contributed by atoms with Gasteiger partial charge in [-0.25, -0.2) is 0 Å². The fourth-order valence-corrected chi connectivity index (χ4v) is 7.18. The monoisotopic (exact) mass is 396 g/mol. The smallest absolute Gasteiger partial charge is 0.257 e. The molecule has 5 aliphatic rings. The number of nitrogens with one attached hydrogen (secondary N) is 1. The van der Waals surface area contributed by atoms with E-state index in [1.54, 1.807) is 29.2 Å². The third-order valence-corrected chi connectivity index (χ3v) is 7.98. The van der Waals surface area contributed by atoms with Gasteiger partial charge in [0.2, 0.25) is 5.91 Å². The Morgan fingerprint density at radius 1 is 1.00 bits per heavy atom. The SMILES string of the molecule is O=C(CC12CC3CC(CC(C3)C1)C2)NC1CCN(C(=O)c2ccccc2O)CC1. The van der Waals surface area contributed by atoms with E-state index in [-0.39, 0.29) is 29.0 Å². The highest BCUT2D eigenvalue weighted by molar-refractivity contribution is 5.96. The number of rotatable bonds is 4. The van der Waals surface area contributed by atoms with Gasteiger partial charge >= 0.3 is 0 Å². The molecular weight excluding hydrogens is 364 g/mol. The highest BCUT2D eigenvalue weighted by Crippen LogP contribution is 2.61. The number of hydrogen-bond donors (Lipinski definition) is 2. The van der Waals surface area contributed by atoms with Gasteiger partial charge in [0.15, 0.2) is 0 Å². The van der Waals surface area contributed by atoms with Gasteiger partial charge in [0, 0.05) is 25.6 Å². The average Bonchev–Trinajstić information content (AvgIpc) is 2.67. The fraction of sp³-hybridized carbons (Fsp3) is 0.667. The number of hydrogen-bond acceptors (Lipinski definition) is 3. The van der Waals surface area contributed by atoms with Crippen LogP contribution in [0.3, 0.4) is 0 Å². The zero-order valence-corrected chi connectivity index (χ0v) is 17.1. The normalized spacial score (nSPS) is 33.7. The van der Waals surface area contributed by atoms with Crippen LogP contribution < -0.4 is 5.32 Å². The van der Waals surface area contributed by atoms with E-state index in [1.165, 1.54) is 38.5 Å². The predicted octanol–water partition coefficient (Wildman–Crippen LogP) is 3.72. The van der Waals surface area contributed by atoms with Gasteiger partial charge in [0.05, 0.1) is 5.56 Å². The van der Waals surface area contributed by atoms with Gasteiger partial charge in [0.1, 0.15) is 5.75 Å². The quantitative estimate of drug-likeness (QED) is 0.815. The summed E-state index contributed by atoms with van der Waals surface area (Å²) < 4.78 is 0. The van der Waals surface area contributed by atoms with Crippen LogP contribution in [0.4, 0.5) is 0 Å². The molecule has 4 aliphatic carbocycles. The van der Waals surface area contributed by atoms with E-state index in [4.69, 9.17) is 0 Å². The molecule has 0 spiro atoms. The van der Waals surface area contributed by atoms with Gasteiger partial charge in [0.25, 0.3) is 5.91 Å². The molecule has 4 saturated carbocycles. The summed E-state index contributed by atoms with van der Waals surface area (Å²) >= 11 is 0. The average molecular weight is 397 g/mol. The topological polar surface area (TPSA) is 69.6 Å². The minimum absolute atomic E-state index is 0.0310. The van der Waals surface area contributed by atoms with Crippen molar-refractivity contribution in [2.24, 2.45) is 23.2 Å². The van der Waals surface area contributed by atoms with E-state index in [9.17, 15) is 14.7 Å². The Morgan fingerprint density at radius 3 is 2.17 bits per heavy atom. The molecule has 0 radical (unpaired) electrons. The number of piperidine rings is 1. The molecule has 4 bridgehead atoms. The zero-order chi connectivity index (χ0) is 20.0. The molecule has 0 atom stereocenters. The number of benzene rings is 1. The Bertz CT molecular complexity index is 762. The summed E-state index contributed by atoms with van der Waals surface area (Å²) in [5, 5.41) is 13.2. The van der Waals surface area contributed by atoms with Gasteiger partial charge in [-0.15, -0.1) is 0 Å². The number of phenolic OH excluding ortho intramolecular Hbond substituents is 1. The summed E-state index contributed by atoms with van der Waals surface area (Å²) in [7, 11) is 0. The molecule has 1 aromatic carbocycles. The summed E-state index contributed by atoms with van der Waals surface area (Å²) in [4.78, 5) is 27.3. The van der Waals surface area contributed by atoms with Gasteiger partial charge < -0.3 is 15.3 Å². The van der Waals surface area contributed by atoms with Crippen LogP contribution in [0.25, 0.3) is 0 Å². The Labute approximate surface area is 172 Å². The molecule has 29 heavy (non-hydrogen) atoms. The first-order valence-electron chi connectivity index (χ1n) is 11.4. The van der Waals surface area contributed by atoms with Gasteiger partial charge in [-0.1, -0.05) is 12.1 Å². The maximum absolute atomic E-state index is 12.9. The molecule has 5 fully saturated rings. The molecule has 0 unspecified atom stereocenters. The summed E-state index contributed by atoms with van der Waals surface area (Å²) in [5.41, 5.74) is 0.636. The number of likely N-dealkylation sites (tertiary alicyclic amines) is 1. The zero-order valence-electron chi connectivity index (χ0n) is 17.1. The fourth-order valence-electron chi connectivity index (χ4n) is 7.18. The van der Waals surface area contributed by atoms with Crippen LogP contribution in [0.15, 0.2) is 24.3 Å². The lowest BCUT2D eigenvalue weighted by molar-refractivity contribution is -0.130. The van der Waals surface area contributed by atoms with Crippen LogP contribution in [-0.4, -0.2) is 41.0 Å². The first-order valence-corrected chi connectivity index (χ1v) is 11.4. The third-order valence-electron chi connectivity index (χ3n) is 7.98. The first-order chi connectivity index (χ1) is 14.0. The lowest BCUT2D eigenvalue weighted by Gasteiger charge is -2.56. The minimum atomic E-state index is -0.124. The lowest BCUT2D eigenvalue weighted by atomic mass is 9.49. The molecule has 156 valence electrons. The summed E-state index contributed by atoms with van der Waals surface area (Å²) in [6.07, 6.45) is 10.3. The Hall–Kier alpha value is -2.04. The largest absolute Gasteiger partial charge is 0.507 e. The van der Waals surface area contributed by atoms with E-state index >= 15 is 0 Å². The maximum Gasteiger partial charge on any atom is 0.257 e. The molecule has 0 aromatic heterocycles. The number of amides is 2. The number of para-hydroxylation sites is 1. The van der Waals surface area contributed by atoms with Crippen molar-refractivity contribution < 1.29 is 14.7 Å². The van der Waals surface area contributed by atoms with E-state index in [2.05, 4.69) is 5.32 Å². The van der Waals surface area contributed by atoms with E-state index in [1.807, 2.05) is 0 Å². The molecule has 5 heteroatoms. The summed E-state index contributed by atoms with van der Waals surface area (Å²) in [6.45, 7) is 1.24. The summed E-state index contributed by atoms with van der Waals surface area (Å²) in [6, 6.07) is 6.86. The number of carbonyl (C=O) groups excluding carboxylic acids is 2. The second kappa shape index (κ2) is 7.33. The van der Waals surface area contributed by atoms with Crippen molar-refractivity contribution in [1.82, 2.24) is 10.2 Å². The Kier molecular flexibility index (Phi) is 4.79. The predicted molar refractivity (Wildman–Crippen MR) is 110 cm³/mol. The number of phenols is 1.